The normalized spacial score (nSPS) is 10.3. The summed E-state index contributed by atoms with van der Waals surface area (Å²) in [4.78, 5) is 13.5. The molecule has 0 saturated heterocycles. The molecule has 0 aliphatic carbocycles. The number of hydrogen-bond donors (Lipinski definition) is 3. The highest BCUT2D eigenvalue weighted by molar-refractivity contribution is 5.58. The van der Waals surface area contributed by atoms with Crippen LogP contribution in [0.25, 0.3) is 0 Å². The van der Waals surface area contributed by atoms with Crippen LogP contribution in [0, 0.1) is 0 Å². The van der Waals surface area contributed by atoms with Gasteiger partial charge < -0.3 is 16.0 Å². The molecule has 0 fully saturated rings. The lowest BCUT2D eigenvalue weighted by atomic mass is 10.1. The Labute approximate surface area is 170 Å². The van der Waals surface area contributed by atoms with E-state index < -0.39 is 0 Å². The third kappa shape index (κ3) is 5.52. The van der Waals surface area contributed by atoms with Gasteiger partial charge in [-0.25, -0.2) is 0 Å². The number of anilines is 5. The predicted octanol–water partition coefficient (Wildman–Crippen LogP) is 5.01. The average Bonchev–Trinajstić information content (AvgIpc) is 2.76. The average molecular weight is 382 g/mol. The molecule has 4 aromatic rings. The summed E-state index contributed by atoms with van der Waals surface area (Å²) < 4.78 is 0. The molecule has 0 spiro atoms. The van der Waals surface area contributed by atoms with Crippen LogP contribution in [-0.4, -0.2) is 21.5 Å². The fourth-order valence-electron chi connectivity index (χ4n) is 2.83. The fourth-order valence-corrected chi connectivity index (χ4v) is 2.83. The highest BCUT2D eigenvalue weighted by Gasteiger charge is 2.07. The first-order valence-electron chi connectivity index (χ1n) is 9.53. The lowest BCUT2D eigenvalue weighted by Crippen LogP contribution is -2.11. The quantitative estimate of drug-likeness (QED) is 0.398. The van der Waals surface area contributed by atoms with E-state index in [0.29, 0.717) is 17.8 Å². The molecule has 6 heteroatoms. The molecular weight excluding hydrogens is 360 g/mol. The van der Waals surface area contributed by atoms with Gasteiger partial charge in [-0.15, -0.1) is 0 Å². The summed E-state index contributed by atoms with van der Waals surface area (Å²) in [5, 5.41) is 9.78. The summed E-state index contributed by atoms with van der Waals surface area (Å²) in [5.41, 5.74) is 3.10. The summed E-state index contributed by atoms with van der Waals surface area (Å²) in [5.74, 6) is 1.48. The van der Waals surface area contributed by atoms with E-state index in [1.54, 1.807) is 0 Å². The van der Waals surface area contributed by atoms with Crippen molar-refractivity contribution in [2.45, 2.75) is 6.42 Å². The standard InChI is InChI=1S/C23H22N6/c1-4-10-18(11-5-1)16-17-24-21-27-22(25-19-12-6-2-7-13-19)29-23(28-21)26-20-14-8-3-9-15-20/h1-15H,16-17H2,(H3,24,25,26,27,28,29). The van der Waals surface area contributed by atoms with Gasteiger partial charge in [-0.1, -0.05) is 66.7 Å². The van der Waals surface area contributed by atoms with Crippen LogP contribution >= 0.6 is 0 Å². The molecule has 29 heavy (non-hydrogen) atoms. The van der Waals surface area contributed by atoms with E-state index in [1.807, 2.05) is 78.9 Å². The van der Waals surface area contributed by atoms with Gasteiger partial charge in [-0.05, 0) is 36.2 Å². The van der Waals surface area contributed by atoms with Crippen LogP contribution in [-0.2, 0) is 6.42 Å². The second-order valence-electron chi connectivity index (χ2n) is 6.45. The van der Waals surface area contributed by atoms with E-state index in [9.17, 15) is 0 Å². The summed E-state index contributed by atoms with van der Waals surface area (Å²) >= 11 is 0. The Morgan fingerprint density at radius 3 is 1.48 bits per heavy atom. The zero-order valence-electron chi connectivity index (χ0n) is 15.9. The second-order valence-corrected chi connectivity index (χ2v) is 6.45. The molecule has 6 nitrogen and oxygen atoms in total. The molecular formula is C23H22N6. The number of para-hydroxylation sites is 2. The molecule has 0 aliphatic heterocycles. The van der Waals surface area contributed by atoms with Crippen molar-refractivity contribution in [2.75, 3.05) is 22.5 Å². The minimum absolute atomic E-state index is 0.479. The van der Waals surface area contributed by atoms with Gasteiger partial charge in [0.1, 0.15) is 0 Å². The van der Waals surface area contributed by atoms with Crippen molar-refractivity contribution < 1.29 is 0 Å². The monoisotopic (exact) mass is 382 g/mol. The molecule has 0 saturated carbocycles. The van der Waals surface area contributed by atoms with Crippen molar-refractivity contribution in [1.82, 2.24) is 15.0 Å². The largest absolute Gasteiger partial charge is 0.354 e. The third-order valence-electron chi connectivity index (χ3n) is 4.23. The summed E-state index contributed by atoms with van der Waals surface area (Å²) in [6, 6.07) is 30.0. The number of nitrogens with zero attached hydrogens (tertiary/aromatic N) is 3. The number of benzene rings is 3. The van der Waals surface area contributed by atoms with E-state index >= 15 is 0 Å². The van der Waals surface area contributed by atoms with Crippen LogP contribution in [0.15, 0.2) is 91.0 Å². The Bertz CT molecular complexity index is 963. The Kier molecular flexibility index (Phi) is 5.93. The van der Waals surface area contributed by atoms with Crippen molar-refractivity contribution in [3.05, 3.63) is 96.6 Å². The maximum atomic E-state index is 4.52. The minimum Gasteiger partial charge on any atom is -0.354 e. The van der Waals surface area contributed by atoms with Crippen LogP contribution < -0.4 is 16.0 Å². The van der Waals surface area contributed by atoms with Gasteiger partial charge in [-0.3, -0.25) is 0 Å². The van der Waals surface area contributed by atoms with Gasteiger partial charge in [0.25, 0.3) is 0 Å². The van der Waals surface area contributed by atoms with Crippen LogP contribution in [0.3, 0.4) is 0 Å². The second kappa shape index (κ2) is 9.32. The Morgan fingerprint density at radius 2 is 0.966 bits per heavy atom. The third-order valence-corrected chi connectivity index (χ3v) is 4.23. The Balaban J connectivity index is 1.52. The number of rotatable bonds is 8. The number of nitrogens with one attached hydrogen (secondary N) is 3. The molecule has 4 rings (SSSR count). The van der Waals surface area contributed by atoms with Gasteiger partial charge in [0.2, 0.25) is 17.8 Å². The van der Waals surface area contributed by atoms with Gasteiger partial charge in [0.05, 0.1) is 0 Å². The van der Waals surface area contributed by atoms with E-state index in [2.05, 4.69) is 43.0 Å². The molecule has 0 radical (unpaired) electrons. The molecule has 0 unspecified atom stereocenters. The highest BCUT2D eigenvalue weighted by atomic mass is 15.3. The zero-order valence-corrected chi connectivity index (χ0v) is 15.9. The van der Waals surface area contributed by atoms with Crippen molar-refractivity contribution in [3.63, 3.8) is 0 Å². The van der Waals surface area contributed by atoms with E-state index in [1.165, 1.54) is 5.56 Å². The molecule has 3 aromatic carbocycles. The number of aromatic nitrogens is 3. The molecule has 1 heterocycles. The fraction of sp³-hybridized carbons (Fsp3) is 0.0870. The number of hydrogen-bond acceptors (Lipinski definition) is 6. The molecule has 0 bridgehead atoms. The topological polar surface area (TPSA) is 74.8 Å². The van der Waals surface area contributed by atoms with E-state index in [-0.39, 0.29) is 0 Å². The van der Waals surface area contributed by atoms with E-state index in [0.717, 1.165) is 24.3 Å². The first kappa shape index (κ1) is 18.4. The molecule has 144 valence electrons. The van der Waals surface area contributed by atoms with Crippen molar-refractivity contribution in [2.24, 2.45) is 0 Å². The lowest BCUT2D eigenvalue weighted by Gasteiger charge is -2.11. The van der Waals surface area contributed by atoms with Crippen LogP contribution in [0.4, 0.5) is 29.2 Å². The van der Waals surface area contributed by atoms with Crippen LogP contribution in [0.1, 0.15) is 5.56 Å². The van der Waals surface area contributed by atoms with Gasteiger partial charge in [-0.2, -0.15) is 15.0 Å². The van der Waals surface area contributed by atoms with Crippen LogP contribution in [0.2, 0.25) is 0 Å². The SMILES string of the molecule is c1ccc(CCNc2nc(Nc3ccccc3)nc(Nc3ccccc3)n2)cc1. The molecule has 3 N–H and O–H groups in total. The van der Waals surface area contributed by atoms with Crippen molar-refractivity contribution in [1.29, 1.82) is 0 Å². The Hall–Kier alpha value is -3.93. The maximum Gasteiger partial charge on any atom is 0.233 e. The van der Waals surface area contributed by atoms with E-state index in [4.69, 9.17) is 0 Å². The highest BCUT2D eigenvalue weighted by Crippen LogP contribution is 2.18. The van der Waals surface area contributed by atoms with Gasteiger partial charge in [0, 0.05) is 17.9 Å². The molecule has 0 aliphatic rings. The maximum absolute atomic E-state index is 4.52. The predicted molar refractivity (Wildman–Crippen MR) is 118 cm³/mol. The van der Waals surface area contributed by atoms with Gasteiger partial charge in [0.15, 0.2) is 0 Å². The first-order chi connectivity index (χ1) is 14.3. The molecule has 1 aromatic heterocycles. The Morgan fingerprint density at radius 1 is 0.517 bits per heavy atom. The molecule has 0 atom stereocenters. The minimum atomic E-state index is 0.479. The summed E-state index contributed by atoms with van der Waals surface area (Å²) in [6.07, 6.45) is 0.884. The lowest BCUT2D eigenvalue weighted by molar-refractivity contribution is 0.968. The summed E-state index contributed by atoms with van der Waals surface area (Å²) in [6.45, 7) is 0.726. The zero-order chi connectivity index (χ0) is 19.7. The molecule has 0 amide bonds. The summed E-state index contributed by atoms with van der Waals surface area (Å²) in [7, 11) is 0. The van der Waals surface area contributed by atoms with Gasteiger partial charge >= 0.3 is 0 Å². The van der Waals surface area contributed by atoms with Crippen molar-refractivity contribution in [3.8, 4) is 0 Å². The van der Waals surface area contributed by atoms with Crippen molar-refractivity contribution >= 4 is 29.2 Å². The van der Waals surface area contributed by atoms with Crippen LogP contribution in [0.5, 0.6) is 0 Å². The smallest absolute Gasteiger partial charge is 0.233 e. The first-order valence-corrected chi connectivity index (χ1v) is 9.53.